The molecule has 1 rings (SSSR count). The van der Waals surface area contributed by atoms with E-state index in [0.717, 1.165) is 0 Å². The number of benzene rings is 1. The molecule has 0 N–H and O–H groups in total. The Balaban J connectivity index is 2.73. The highest BCUT2D eigenvalue weighted by Crippen LogP contribution is 2.29. The zero-order chi connectivity index (χ0) is 17.2. The molecule has 1 aromatic carbocycles. The van der Waals surface area contributed by atoms with Crippen molar-refractivity contribution >= 4 is 12.0 Å². The van der Waals surface area contributed by atoms with Gasteiger partial charge in [0.05, 0.1) is 19.8 Å². The van der Waals surface area contributed by atoms with Crippen molar-refractivity contribution in [3.8, 4) is 17.6 Å². The van der Waals surface area contributed by atoms with Crippen LogP contribution in [0.15, 0.2) is 36.0 Å². The lowest BCUT2D eigenvalue weighted by molar-refractivity contribution is -0.139. The van der Waals surface area contributed by atoms with E-state index in [4.69, 9.17) is 26.0 Å². The molecule has 0 saturated heterocycles. The molecule has 23 heavy (non-hydrogen) atoms. The minimum absolute atomic E-state index is 0.0209. The third-order valence-corrected chi connectivity index (χ3v) is 2.65. The topological polar surface area (TPSA) is 72.9 Å². The van der Waals surface area contributed by atoms with Crippen molar-refractivity contribution in [2.24, 2.45) is 0 Å². The van der Waals surface area contributed by atoms with Gasteiger partial charge in [-0.2, -0.15) is 0 Å². The van der Waals surface area contributed by atoms with Crippen LogP contribution in [0.3, 0.4) is 0 Å². The van der Waals surface area contributed by atoms with Crippen LogP contribution >= 0.6 is 0 Å². The SMILES string of the molecule is [C-]#[N+]/C(C#N)=C/c1ccc(OCCOC(=O)C(=C)C)c(OC)c1. The summed E-state index contributed by atoms with van der Waals surface area (Å²) in [7, 11) is 1.48. The Kier molecular flexibility index (Phi) is 6.90. The summed E-state index contributed by atoms with van der Waals surface area (Å²) in [6.45, 7) is 12.2. The van der Waals surface area contributed by atoms with Gasteiger partial charge in [-0.05, 0) is 30.7 Å². The second-order valence-electron chi connectivity index (χ2n) is 4.43. The zero-order valence-electron chi connectivity index (χ0n) is 13.0. The fraction of sp³-hybridized carbons (Fsp3) is 0.235. The average Bonchev–Trinajstić information content (AvgIpc) is 2.56. The van der Waals surface area contributed by atoms with Crippen LogP contribution in [0.4, 0.5) is 0 Å². The lowest BCUT2D eigenvalue weighted by atomic mass is 10.1. The molecule has 0 fully saturated rings. The van der Waals surface area contributed by atoms with E-state index >= 15 is 0 Å². The number of nitriles is 1. The summed E-state index contributed by atoms with van der Waals surface area (Å²) >= 11 is 0. The van der Waals surface area contributed by atoms with Gasteiger partial charge in [-0.15, -0.1) is 0 Å². The Bertz CT molecular complexity index is 692. The van der Waals surface area contributed by atoms with Gasteiger partial charge in [-0.3, -0.25) is 0 Å². The van der Waals surface area contributed by atoms with Gasteiger partial charge in [0.15, 0.2) is 11.5 Å². The summed E-state index contributed by atoms with van der Waals surface area (Å²) in [5.41, 5.74) is 0.953. The normalized spacial score (nSPS) is 10.2. The predicted molar refractivity (Wildman–Crippen MR) is 84.5 cm³/mol. The number of esters is 1. The first-order chi connectivity index (χ1) is 11.0. The second-order valence-corrected chi connectivity index (χ2v) is 4.43. The number of hydrogen-bond donors (Lipinski definition) is 0. The molecule has 1 aromatic rings. The molecule has 0 aliphatic rings. The molecule has 0 amide bonds. The van der Waals surface area contributed by atoms with E-state index in [1.54, 1.807) is 31.2 Å². The van der Waals surface area contributed by atoms with Crippen LogP contribution in [0.5, 0.6) is 11.5 Å². The molecule has 6 heteroatoms. The fourth-order valence-electron chi connectivity index (χ4n) is 1.55. The van der Waals surface area contributed by atoms with Crippen molar-refractivity contribution in [2.45, 2.75) is 6.92 Å². The Morgan fingerprint density at radius 3 is 2.74 bits per heavy atom. The maximum absolute atomic E-state index is 11.2. The first-order valence-corrected chi connectivity index (χ1v) is 6.64. The Morgan fingerprint density at radius 2 is 2.17 bits per heavy atom. The summed E-state index contributed by atoms with van der Waals surface area (Å²) in [6.07, 6.45) is 1.45. The average molecular weight is 312 g/mol. The third-order valence-electron chi connectivity index (χ3n) is 2.65. The van der Waals surface area contributed by atoms with Crippen molar-refractivity contribution in [2.75, 3.05) is 20.3 Å². The van der Waals surface area contributed by atoms with Crippen molar-refractivity contribution < 1.29 is 19.0 Å². The molecule has 0 saturated carbocycles. The van der Waals surface area contributed by atoms with E-state index in [9.17, 15) is 4.79 Å². The predicted octanol–water partition coefficient (Wildman–Crippen LogP) is 2.98. The summed E-state index contributed by atoms with van der Waals surface area (Å²) < 4.78 is 15.6. The maximum Gasteiger partial charge on any atom is 0.333 e. The lowest BCUT2D eigenvalue weighted by Crippen LogP contribution is -2.12. The molecule has 0 atom stereocenters. The molecular weight excluding hydrogens is 296 g/mol. The Hall–Kier alpha value is -3.25. The van der Waals surface area contributed by atoms with E-state index in [0.29, 0.717) is 22.6 Å². The highest BCUT2D eigenvalue weighted by Gasteiger charge is 2.07. The number of ether oxygens (including phenoxy) is 3. The van der Waals surface area contributed by atoms with Gasteiger partial charge in [0.25, 0.3) is 5.70 Å². The molecular formula is C17H16N2O4. The minimum Gasteiger partial charge on any atom is -0.493 e. The molecule has 0 aliphatic carbocycles. The number of nitrogens with zero attached hydrogens (tertiary/aromatic N) is 2. The molecule has 0 aliphatic heterocycles. The highest BCUT2D eigenvalue weighted by atomic mass is 16.6. The maximum atomic E-state index is 11.2. The van der Waals surface area contributed by atoms with Crippen molar-refractivity contribution in [1.29, 1.82) is 5.26 Å². The van der Waals surface area contributed by atoms with Crippen LogP contribution in [0.2, 0.25) is 0 Å². The van der Waals surface area contributed by atoms with Crippen LogP contribution < -0.4 is 9.47 Å². The molecule has 0 radical (unpaired) electrons. The van der Waals surface area contributed by atoms with Gasteiger partial charge in [0.2, 0.25) is 0 Å². The number of rotatable bonds is 7. The number of carbonyl (C=O) groups excluding carboxylic acids is 1. The van der Waals surface area contributed by atoms with Gasteiger partial charge < -0.3 is 14.2 Å². The number of allylic oxidation sites excluding steroid dienone is 1. The molecule has 0 spiro atoms. The van der Waals surface area contributed by atoms with Crippen LogP contribution in [0, 0.1) is 17.9 Å². The van der Waals surface area contributed by atoms with Gasteiger partial charge in [0, 0.05) is 5.57 Å². The van der Waals surface area contributed by atoms with Crippen molar-refractivity contribution in [3.63, 3.8) is 0 Å². The third kappa shape index (κ3) is 5.56. The summed E-state index contributed by atoms with van der Waals surface area (Å²) in [6, 6.07) is 6.80. The molecule has 0 aromatic heterocycles. The summed E-state index contributed by atoms with van der Waals surface area (Å²) in [4.78, 5) is 14.3. The second kappa shape index (κ2) is 8.91. The number of hydrogen-bond acceptors (Lipinski definition) is 5. The zero-order valence-corrected chi connectivity index (χ0v) is 13.0. The molecule has 0 heterocycles. The van der Waals surface area contributed by atoms with Gasteiger partial charge in [-0.25, -0.2) is 14.9 Å². The minimum atomic E-state index is -0.468. The first-order valence-electron chi connectivity index (χ1n) is 6.64. The van der Waals surface area contributed by atoms with E-state index in [1.165, 1.54) is 13.2 Å². The monoisotopic (exact) mass is 312 g/mol. The first kappa shape index (κ1) is 17.8. The molecule has 6 nitrogen and oxygen atoms in total. The van der Waals surface area contributed by atoms with Crippen molar-refractivity contribution in [3.05, 3.63) is 53.0 Å². The summed E-state index contributed by atoms with van der Waals surface area (Å²) in [5, 5.41) is 8.76. The van der Waals surface area contributed by atoms with Crippen LogP contribution in [0.1, 0.15) is 12.5 Å². The van der Waals surface area contributed by atoms with Crippen LogP contribution in [-0.4, -0.2) is 26.3 Å². The van der Waals surface area contributed by atoms with Crippen LogP contribution in [-0.2, 0) is 9.53 Å². The highest BCUT2D eigenvalue weighted by molar-refractivity contribution is 5.86. The van der Waals surface area contributed by atoms with E-state index in [1.807, 2.05) is 0 Å². The molecule has 0 bridgehead atoms. The smallest absolute Gasteiger partial charge is 0.333 e. The number of methoxy groups -OCH3 is 1. The summed E-state index contributed by atoms with van der Waals surface area (Å²) in [5.74, 6) is 0.453. The quantitative estimate of drug-likeness (QED) is 0.254. The van der Waals surface area contributed by atoms with E-state index in [2.05, 4.69) is 11.4 Å². The van der Waals surface area contributed by atoms with Gasteiger partial charge >= 0.3 is 5.97 Å². The fourth-order valence-corrected chi connectivity index (χ4v) is 1.55. The Morgan fingerprint density at radius 1 is 1.43 bits per heavy atom. The van der Waals surface area contributed by atoms with E-state index in [-0.39, 0.29) is 18.9 Å². The van der Waals surface area contributed by atoms with Crippen molar-refractivity contribution in [1.82, 2.24) is 0 Å². The number of carbonyl (C=O) groups is 1. The lowest BCUT2D eigenvalue weighted by Gasteiger charge is -2.11. The Labute approximate surface area is 135 Å². The van der Waals surface area contributed by atoms with E-state index < -0.39 is 5.97 Å². The van der Waals surface area contributed by atoms with Gasteiger partial charge in [-0.1, -0.05) is 12.6 Å². The van der Waals surface area contributed by atoms with Gasteiger partial charge in [0.1, 0.15) is 13.2 Å². The molecule has 0 unspecified atom stereocenters. The van der Waals surface area contributed by atoms with Crippen LogP contribution in [0.25, 0.3) is 10.9 Å². The molecule has 118 valence electrons. The standard InChI is InChI=1S/C17H16N2O4/c1-12(2)17(20)23-8-7-22-15-6-5-13(10-16(15)21-4)9-14(11-18)19-3/h5-6,9-10H,1,7-8H2,2,4H3/b14-9+. The largest absolute Gasteiger partial charge is 0.493 e.